The first kappa shape index (κ1) is 18.6. The third-order valence-corrected chi connectivity index (χ3v) is 5.88. The summed E-state index contributed by atoms with van der Waals surface area (Å²) >= 11 is 0. The number of piperazine rings is 2. The van der Waals surface area contributed by atoms with E-state index in [0.717, 1.165) is 32.7 Å². The fourth-order valence-corrected chi connectivity index (χ4v) is 4.45. The fourth-order valence-electron chi connectivity index (χ4n) is 4.45. The van der Waals surface area contributed by atoms with Crippen LogP contribution in [0.2, 0.25) is 0 Å². The maximum Gasteiger partial charge on any atom is 0.410 e. The molecule has 4 rings (SSSR count). The summed E-state index contributed by atoms with van der Waals surface area (Å²) in [5.74, 6) is 0. The van der Waals surface area contributed by atoms with E-state index in [1.807, 2.05) is 25.7 Å². The minimum Gasteiger partial charge on any atom is -0.444 e. The Hall–Kier alpha value is -1.79. The number of amides is 1. The quantitative estimate of drug-likeness (QED) is 0.821. The Bertz CT molecular complexity index is 707. The Morgan fingerprint density at radius 2 is 1.89 bits per heavy atom. The summed E-state index contributed by atoms with van der Waals surface area (Å²) in [4.78, 5) is 19.1. The molecule has 0 aliphatic carbocycles. The summed E-state index contributed by atoms with van der Waals surface area (Å²) < 4.78 is 5.50. The number of carbonyl (C=O) groups is 1. The highest BCUT2D eigenvalue weighted by molar-refractivity contribution is 5.68. The van der Waals surface area contributed by atoms with Crippen LogP contribution in [0.1, 0.15) is 44.9 Å². The number of carbonyl (C=O) groups excluding carboxylic acids is 1. The zero-order valence-corrected chi connectivity index (χ0v) is 17.0. The Morgan fingerprint density at radius 1 is 1.15 bits per heavy atom. The summed E-state index contributed by atoms with van der Waals surface area (Å²) in [6.07, 6.45) is -0.200. The van der Waals surface area contributed by atoms with Gasteiger partial charge in [0.2, 0.25) is 0 Å². The van der Waals surface area contributed by atoms with Crippen molar-refractivity contribution in [3.05, 3.63) is 29.3 Å². The summed E-state index contributed by atoms with van der Waals surface area (Å²) in [5.41, 5.74) is 3.78. The first-order valence-corrected chi connectivity index (χ1v) is 10.1. The van der Waals surface area contributed by atoms with Gasteiger partial charge >= 0.3 is 6.09 Å². The monoisotopic (exact) mass is 372 g/mol. The third kappa shape index (κ3) is 3.78. The lowest BCUT2D eigenvalue weighted by Crippen LogP contribution is -2.50. The lowest BCUT2D eigenvalue weighted by molar-refractivity contribution is 0.0240. The first-order valence-electron chi connectivity index (χ1n) is 10.1. The zero-order chi connectivity index (χ0) is 19.2. The SMILES string of the molecule is CC1CNCC2c3ccc(N4CCN(C(=O)OC(C)(C)C)CC4)cc3CN12. The number of rotatable bonds is 1. The van der Waals surface area contributed by atoms with Gasteiger partial charge < -0.3 is 19.9 Å². The second kappa shape index (κ2) is 6.99. The van der Waals surface area contributed by atoms with Gasteiger partial charge in [0.1, 0.15) is 5.60 Å². The van der Waals surface area contributed by atoms with Crippen molar-refractivity contribution in [2.24, 2.45) is 0 Å². The molecule has 148 valence electrons. The van der Waals surface area contributed by atoms with E-state index in [9.17, 15) is 4.79 Å². The normalized spacial score (nSPS) is 25.9. The Kier molecular flexibility index (Phi) is 4.80. The summed E-state index contributed by atoms with van der Waals surface area (Å²) in [5, 5.41) is 3.55. The highest BCUT2D eigenvalue weighted by atomic mass is 16.6. The van der Waals surface area contributed by atoms with Gasteiger partial charge in [-0.05, 0) is 51.0 Å². The first-order chi connectivity index (χ1) is 12.8. The van der Waals surface area contributed by atoms with E-state index in [1.165, 1.54) is 16.8 Å². The van der Waals surface area contributed by atoms with E-state index in [0.29, 0.717) is 25.2 Å². The number of fused-ring (bicyclic) bond motifs is 3. The zero-order valence-electron chi connectivity index (χ0n) is 17.0. The van der Waals surface area contributed by atoms with Crippen LogP contribution in [-0.4, -0.2) is 66.8 Å². The molecule has 1 aromatic carbocycles. The Morgan fingerprint density at radius 3 is 2.59 bits per heavy atom. The molecule has 1 N–H and O–H groups in total. The number of benzene rings is 1. The topological polar surface area (TPSA) is 48.1 Å². The molecule has 3 heterocycles. The molecule has 0 bridgehead atoms. The van der Waals surface area contributed by atoms with E-state index in [-0.39, 0.29) is 6.09 Å². The molecule has 6 nitrogen and oxygen atoms in total. The number of nitrogens with zero attached hydrogens (tertiary/aromatic N) is 3. The Labute approximate surface area is 162 Å². The number of hydrogen-bond acceptors (Lipinski definition) is 5. The van der Waals surface area contributed by atoms with E-state index in [1.54, 1.807) is 0 Å². The minimum absolute atomic E-state index is 0.200. The molecule has 6 heteroatoms. The van der Waals surface area contributed by atoms with Crippen LogP contribution in [0.4, 0.5) is 10.5 Å². The minimum atomic E-state index is -0.438. The van der Waals surface area contributed by atoms with Gasteiger partial charge in [0.25, 0.3) is 0 Å². The van der Waals surface area contributed by atoms with E-state index < -0.39 is 5.60 Å². The molecule has 0 spiro atoms. The van der Waals surface area contributed by atoms with Crippen LogP contribution in [0.25, 0.3) is 0 Å². The van der Waals surface area contributed by atoms with Crippen LogP contribution in [0.3, 0.4) is 0 Å². The highest BCUT2D eigenvalue weighted by Crippen LogP contribution is 2.38. The number of anilines is 1. The van der Waals surface area contributed by atoms with Crippen LogP contribution < -0.4 is 10.2 Å². The van der Waals surface area contributed by atoms with E-state index >= 15 is 0 Å². The second-order valence-electron chi connectivity index (χ2n) is 9.03. The predicted molar refractivity (Wildman–Crippen MR) is 107 cm³/mol. The maximum absolute atomic E-state index is 12.3. The predicted octanol–water partition coefficient (Wildman–Crippen LogP) is 2.59. The molecule has 0 aromatic heterocycles. The van der Waals surface area contributed by atoms with Crippen molar-refractivity contribution in [1.29, 1.82) is 0 Å². The molecule has 2 unspecified atom stereocenters. The smallest absolute Gasteiger partial charge is 0.410 e. The van der Waals surface area contributed by atoms with Gasteiger partial charge in [-0.25, -0.2) is 4.79 Å². The molecular weight excluding hydrogens is 340 g/mol. The van der Waals surface area contributed by atoms with Crippen molar-refractivity contribution >= 4 is 11.8 Å². The molecule has 1 amide bonds. The number of hydrogen-bond donors (Lipinski definition) is 1. The maximum atomic E-state index is 12.3. The number of ether oxygens (including phenoxy) is 1. The van der Waals surface area contributed by atoms with Gasteiger partial charge in [-0.15, -0.1) is 0 Å². The van der Waals surface area contributed by atoms with Crippen molar-refractivity contribution in [1.82, 2.24) is 15.1 Å². The molecule has 2 atom stereocenters. The Balaban J connectivity index is 1.40. The molecule has 3 aliphatic rings. The molecule has 1 aromatic rings. The lowest BCUT2D eigenvalue weighted by atomic mass is 10.0. The fraction of sp³-hybridized carbons (Fsp3) is 0.667. The van der Waals surface area contributed by atoms with Gasteiger partial charge in [0, 0.05) is 63.6 Å². The molecule has 27 heavy (non-hydrogen) atoms. The third-order valence-electron chi connectivity index (χ3n) is 5.88. The van der Waals surface area contributed by atoms with Crippen LogP contribution in [0.15, 0.2) is 18.2 Å². The van der Waals surface area contributed by atoms with Gasteiger partial charge in [-0.1, -0.05) is 6.07 Å². The van der Waals surface area contributed by atoms with Crippen molar-refractivity contribution < 1.29 is 9.53 Å². The molecular formula is C21H32N4O2. The standard InChI is InChI=1S/C21H32N4O2/c1-15-12-22-13-19-18-6-5-17(11-16(18)14-25(15)19)23-7-9-24(10-8-23)20(26)27-21(2,3)4/h5-6,11,15,19,22H,7-10,12-14H2,1-4H3. The van der Waals surface area contributed by atoms with E-state index in [2.05, 4.69) is 40.2 Å². The molecule has 0 saturated carbocycles. The van der Waals surface area contributed by atoms with Crippen LogP contribution in [0.5, 0.6) is 0 Å². The average molecular weight is 373 g/mol. The summed E-state index contributed by atoms with van der Waals surface area (Å²) in [6.45, 7) is 14.3. The van der Waals surface area contributed by atoms with Crippen molar-refractivity contribution in [3.8, 4) is 0 Å². The summed E-state index contributed by atoms with van der Waals surface area (Å²) in [7, 11) is 0. The molecule has 0 radical (unpaired) electrons. The van der Waals surface area contributed by atoms with Gasteiger partial charge in [-0.3, -0.25) is 4.90 Å². The van der Waals surface area contributed by atoms with Crippen molar-refractivity contribution in [3.63, 3.8) is 0 Å². The second-order valence-corrected chi connectivity index (χ2v) is 9.03. The molecule has 3 aliphatic heterocycles. The van der Waals surface area contributed by atoms with Crippen LogP contribution >= 0.6 is 0 Å². The van der Waals surface area contributed by atoms with Gasteiger partial charge in [0.05, 0.1) is 0 Å². The largest absolute Gasteiger partial charge is 0.444 e. The highest BCUT2D eigenvalue weighted by Gasteiger charge is 2.36. The lowest BCUT2D eigenvalue weighted by Gasteiger charge is -2.37. The average Bonchev–Trinajstić information content (AvgIpc) is 3.00. The summed E-state index contributed by atoms with van der Waals surface area (Å²) in [6, 6.07) is 8.03. The van der Waals surface area contributed by atoms with Crippen LogP contribution in [0, 0.1) is 0 Å². The van der Waals surface area contributed by atoms with Crippen molar-refractivity contribution in [2.75, 3.05) is 44.2 Å². The van der Waals surface area contributed by atoms with Crippen molar-refractivity contribution in [2.45, 2.75) is 51.9 Å². The van der Waals surface area contributed by atoms with Gasteiger partial charge in [0.15, 0.2) is 0 Å². The molecule has 2 saturated heterocycles. The van der Waals surface area contributed by atoms with E-state index in [4.69, 9.17) is 4.74 Å². The van der Waals surface area contributed by atoms with Crippen LogP contribution in [-0.2, 0) is 11.3 Å². The molecule has 2 fully saturated rings. The number of nitrogens with one attached hydrogen (secondary N) is 1. The van der Waals surface area contributed by atoms with Gasteiger partial charge in [-0.2, -0.15) is 0 Å².